The van der Waals surface area contributed by atoms with Crippen LogP contribution in [0.15, 0.2) is 29.6 Å². The Balaban J connectivity index is 2.25. The number of nitrogens with zero attached hydrogens (tertiary/aromatic N) is 2. The van der Waals surface area contributed by atoms with Crippen molar-refractivity contribution in [3.63, 3.8) is 0 Å². The van der Waals surface area contributed by atoms with E-state index in [0.717, 1.165) is 16.3 Å². The van der Waals surface area contributed by atoms with Gasteiger partial charge in [0, 0.05) is 23.6 Å². The molecular weight excluding hydrogens is 300 g/mol. The number of carbonyl (C=O) groups is 2. The van der Waals surface area contributed by atoms with Gasteiger partial charge in [0.05, 0.1) is 17.8 Å². The maximum atomic E-state index is 12.5. The first-order chi connectivity index (χ1) is 10.4. The summed E-state index contributed by atoms with van der Waals surface area (Å²) in [5.41, 5.74) is 2.25. The topological polar surface area (TPSA) is 59.5 Å². The third kappa shape index (κ3) is 3.33. The molecule has 1 heterocycles. The summed E-state index contributed by atoms with van der Waals surface area (Å²) in [5.74, 6) is -0.672. The van der Waals surface area contributed by atoms with Gasteiger partial charge in [-0.15, -0.1) is 11.3 Å². The number of thiazole rings is 1. The van der Waals surface area contributed by atoms with Gasteiger partial charge in [-0.05, 0) is 26.0 Å². The van der Waals surface area contributed by atoms with Crippen LogP contribution in [-0.4, -0.2) is 42.0 Å². The highest BCUT2D eigenvalue weighted by molar-refractivity contribution is 7.09. The number of ether oxygens (including phenoxy) is 1. The predicted octanol–water partition coefficient (Wildman–Crippen LogP) is 2.75. The van der Waals surface area contributed by atoms with E-state index < -0.39 is 12.0 Å². The number of methoxy groups -OCH3 is 1. The minimum atomic E-state index is -0.636. The van der Waals surface area contributed by atoms with E-state index in [4.69, 9.17) is 0 Å². The maximum Gasteiger partial charge on any atom is 0.328 e. The van der Waals surface area contributed by atoms with Crippen LogP contribution >= 0.6 is 11.3 Å². The summed E-state index contributed by atoms with van der Waals surface area (Å²) >= 11 is 1.56. The van der Waals surface area contributed by atoms with Crippen molar-refractivity contribution in [2.75, 3.05) is 14.2 Å². The molecule has 1 amide bonds. The second-order valence-electron chi connectivity index (χ2n) is 4.95. The molecule has 1 aromatic heterocycles. The van der Waals surface area contributed by atoms with Crippen molar-refractivity contribution < 1.29 is 14.3 Å². The van der Waals surface area contributed by atoms with Crippen LogP contribution in [0.2, 0.25) is 0 Å². The van der Waals surface area contributed by atoms with Crippen LogP contribution in [0, 0.1) is 6.92 Å². The van der Waals surface area contributed by atoms with Crippen LogP contribution in [0.3, 0.4) is 0 Å². The first-order valence-corrected chi connectivity index (χ1v) is 7.69. The average Bonchev–Trinajstić information content (AvgIpc) is 2.98. The van der Waals surface area contributed by atoms with Gasteiger partial charge in [-0.1, -0.05) is 12.1 Å². The van der Waals surface area contributed by atoms with Gasteiger partial charge in [0.1, 0.15) is 6.04 Å². The lowest BCUT2D eigenvalue weighted by atomic mass is 10.1. The first kappa shape index (κ1) is 16.2. The van der Waals surface area contributed by atoms with E-state index in [0.29, 0.717) is 5.56 Å². The first-order valence-electron chi connectivity index (χ1n) is 6.81. The normalized spacial score (nSPS) is 11.8. The van der Waals surface area contributed by atoms with E-state index >= 15 is 0 Å². The van der Waals surface area contributed by atoms with Crippen molar-refractivity contribution in [1.29, 1.82) is 0 Å². The second-order valence-corrected chi connectivity index (χ2v) is 6.01. The smallest absolute Gasteiger partial charge is 0.328 e. The second kappa shape index (κ2) is 6.70. The van der Waals surface area contributed by atoms with Crippen LogP contribution in [0.25, 0.3) is 11.3 Å². The van der Waals surface area contributed by atoms with E-state index in [2.05, 4.69) is 9.72 Å². The number of aromatic nitrogens is 1. The van der Waals surface area contributed by atoms with Gasteiger partial charge in [-0.25, -0.2) is 9.78 Å². The molecule has 0 unspecified atom stereocenters. The number of benzene rings is 1. The molecule has 0 N–H and O–H groups in total. The summed E-state index contributed by atoms with van der Waals surface area (Å²) < 4.78 is 4.67. The molecule has 1 aromatic carbocycles. The molecule has 0 aliphatic heterocycles. The predicted molar refractivity (Wildman–Crippen MR) is 85.9 cm³/mol. The zero-order valence-electron chi connectivity index (χ0n) is 13.0. The largest absolute Gasteiger partial charge is 0.467 e. The van der Waals surface area contributed by atoms with Gasteiger partial charge in [0.25, 0.3) is 5.91 Å². The molecule has 0 aliphatic rings. The lowest BCUT2D eigenvalue weighted by Crippen LogP contribution is -2.40. The lowest BCUT2D eigenvalue weighted by molar-refractivity contribution is -0.144. The Morgan fingerprint density at radius 3 is 2.68 bits per heavy atom. The summed E-state index contributed by atoms with van der Waals surface area (Å²) in [7, 11) is 2.89. The summed E-state index contributed by atoms with van der Waals surface area (Å²) in [6.45, 7) is 3.58. The fraction of sp³-hybridized carbons (Fsp3) is 0.312. The van der Waals surface area contributed by atoms with E-state index in [9.17, 15) is 9.59 Å². The Hall–Kier alpha value is -2.21. The highest BCUT2D eigenvalue weighted by Gasteiger charge is 2.24. The van der Waals surface area contributed by atoms with Crippen LogP contribution in [0.1, 0.15) is 22.3 Å². The highest BCUT2D eigenvalue weighted by atomic mass is 32.1. The van der Waals surface area contributed by atoms with E-state index in [1.165, 1.54) is 12.0 Å². The molecule has 0 aliphatic carbocycles. The third-order valence-electron chi connectivity index (χ3n) is 3.47. The fourth-order valence-electron chi connectivity index (χ4n) is 2.02. The van der Waals surface area contributed by atoms with Gasteiger partial charge in [0.2, 0.25) is 0 Å². The quantitative estimate of drug-likeness (QED) is 0.813. The Kier molecular flexibility index (Phi) is 4.92. The Morgan fingerprint density at radius 1 is 1.36 bits per heavy atom. The molecule has 6 heteroatoms. The summed E-state index contributed by atoms with van der Waals surface area (Å²) in [6.07, 6.45) is 0. The lowest BCUT2D eigenvalue weighted by Gasteiger charge is -2.23. The van der Waals surface area contributed by atoms with Gasteiger partial charge in [-0.3, -0.25) is 4.79 Å². The van der Waals surface area contributed by atoms with Gasteiger partial charge in [-0.2, -0.15) is 0 Å². The number of aryl methyl sites for hydroxylation is 1. The van der Waals surface area contributed by atoms with Crippen LogP contribution in [-0.2, 0) is 9.53 Å². The summed E-state index contributed by atoms with van der Waals surface area (Å²) in [5, 5.41) is 2.93. The number of hydrogen-bond acceptors (Lipinski definition) is 5. The molecule has 0 fully saturated rings. The number of likely N-dealkylation sites (N-methyl/N-ethyl adjacent to an activating group) is 1. The summed E-state index contributed by atoms with van der Waals surface area (Å²) in [6, 6.07) is 6.61. The van der Waals surface area contributed by atoms with Gasteiger partial charge >= 0.3 is 5.97 Å². The Labute approximate surface area is 133 Å². The molecule has 0 saturated carbocycles. The number of rotatable bonds is 4. The van der Waals surface area contributed by atoms with Crippen molar-refractivity contribution in [3.05, 3.63) is 40.2 Å². The minimum Gasteiger partial charge on any atom is -0.467 e. The molecular formula is C16H18N2O3S. The molecule has 0 bridgehead atoms. The molecule has 5 nitrogen and oxygen atoms in total. The van der Waals surface area contributed by atoms with E-state index in [1.807, 2.05) is 24.4 Å². The molecule has 0 radical (unpaired) electrons. The van der Waals surface area contributed by atoms with Crippen molar-refractivity contribution in [2.45, 2.75) is 19.9 Å². The fourth-order valence-corrected chi connectivity index (χ4v) is 2.64. The zero-order chi connectivity index (χ0) is 16.3. The van der Waals surface area contributed by atoms with Crippen LogP contribution in [0.4, 0.5) is 0 Å². The van der Waals surface area contributed by atoms with E-state index in [-0.39, 0.29) is 5.91 Å². The van der Waals surface area contributed by atoms with Crippen molar-refractivity contribution >= 4 is 23.2 Å². The van der Waals surface area contributed by atoms with E-state index in [1.54, 1.807) is 37.4 Å². The molecule has 2 rings (SSSR count). The Bertz CT molecular complexity index is 696. The molecule has 0 spiro atoms. The van der Waals surface area contributed by atoms with Crippen molar-refractivity contribution in [3.8, 4) is 11.3 Å². The standard InChI is InChI=1S/C16H18N2O3S/c1-10(16(20)21-4)18(3)15(19)13-7-5-6-12(8-13)14-9-22-11(2)17-14/h5-10H,1-4H3/t10-/m1/s1. The zero-order valence-corrected chi connectivity index (χ0v) is 13.8. The number of esters is 1. The van der Waals surface area contributed by atoms with Crippen LogP contribution < -0.4 is 0 Å². The number of carbonyl (C=O) groups excluding carboxylic acids is 2. The average molecular weight is 318 g/mol. The maximum absolute atomic E-state index is 12.5. The van der Waals surface area contributed by atoms with Crippen molar-refractivity contribution in [2.24, 2.45) is 0 Å². The number of hydrogen-bond donors (Lipinski definition) is 0. The minimum absolute atomic E-state index is 0.230. The SMILES string of the molecule is COC(=O)[C@@H](C)N(C)C(=O)c1cccc(-c2csc(C)n2)c1. The number of amides is 1. The monoisotopic (exact) mass is 318 g/mol. The summed E-state index contributed by atoms with van der Waals surface area (Å²) in [4.78, 5) is 29.8. The molecule has 1 atom stereocenters. The van der Waals surface area contributed by atoms with Gasteiger partial charge < -0.3 is 9.64 Å². The van der Waals surface area contributed by atoms with Gasteiger partial charge in [0.15, 0.2) is 0 Å². The molecule has 22 heavy (non-hydrogen) atoms. The molecule has 0 saturated heterocycles. The Morgan fingerprint density at radius 2 is 2.09 bits per heavy atom. The highest BCUT2D eigenvalue weighted by Crippen LogP contribution is 2.23. The van der Waals surface area contributed by atoms with Crippen molar-refractivity contribution in [1.82, 2.24) is 9.88 Å². The molecule has 116 valence electrons. The van der Waals surface area contributed by atoms with Crippen LogP contribution in [0.5, 0.6) is 0 Å². The molecule has 2 aromatic rings. The third-order valence-corrected chi connectivity index (χ3v) is 4.24.